The minimum atomic E-state index is -0.651. The molecule has 33 heavy (non-hydrogen) atoms. The molecule has 2 aromatic carbocycles. The Labute approximate surface area is 195 Å². The van der Waals surface area contributed by atoms with Gasteiger partial charge < -0.3 is 19.4 Å². The van der Waals surface area contributed by atoms with Crippen LogP contribution < -0.4 is 14.8 Å². The summed E-state index contributed by atoms with van der Waals surface area (Å²) >= 11 is 0. The van der Waals surface area contributed by atoms with E-state index in [1.54, 1.807) is 50.0 Å². The van der Waals surface area contributed by atoms with Gasteiger partial charge in [0.2, 0.25) is 5.91 Å². The van der Waals surface area contributed by atoms with Gasteiger partial charge in [-0.05, 0) is 29.8 Å². The molecule has 0 radical (unpaired) electrons. The molecule has 1 aliphatic rings. The highest BCUT2D eigenvalue weighted by Crippen LogP contribution is 2.41. The van der Waals surface area contributed by atoms with E-state index in [1.807, 2.05) is 10.8 Å². The first-order valence-electron chi connectivity index (χ1n) is 9.94. The van der Waals surface area contributed by atoms with Crippen molar-refractivity contribution in [2.24, 2.45) is 0 Å². The number of amides is 1. The second kappa shape index (κ2) is 9.14. The van der Waals surface area contributed by atoms with E-state index in [0.29, 0.717) is 58.1 Å². The van der Waals surface area contributed by atoms with Gasteiger partial charge in [-0.3, -0.25) is 4.79 Å². The molecule has 3 heterocycles. The summed E-state index contributed by atoms with van der Waals surface area (Å²) in [4.78, 5) is 25.7. The fourth-order valence-electron chi connectivity index (χ4n) is 3.87. The predicted octanol–water partition coefficient (Wildman–Crippen LogP) is 3.29. The third-order valence-electron chi connectivity index (χ3n) is 5.40. The Balaban J connectivity index is 0.00000259. The van der Waals surface area contributed by atoms with E-state index < -0.39 is 5.92 Å². The van der Waals surface area contributed by atoms with E-state index in [4.69, 9.17) is 9.47 Å². The molecule has 0 bridgehead atoms. The van der Waals surface area contributed by atoms with Crippen molar-refractivity contribution < 1.29 is 14.3 Å². The van der Waals surface area contributed by atoms with Crippen molar-refractivity contribution in [1.29, 1.82) is 5.26 Å². The Bertz CT molecular complexity index is 1370. The maximum Gasteiger partial charge on any atom is 0.238 e. The topological polar surface area (TPSA) is 115 Å². The van der Waals surface area contributed by atoms with Crippen molar-refractivity contribution in [3.63, 3.8) is 0 Å². The smallest absolute Gasteiger partial charge is 0.238 e. The molecule has 1 aliphatic heterocycles. The lowest BCUT2D eigenvalue weighted by molar-refractivity contribution is -0.116. The van der Waals surface area contributed by atoms with Crippen molar-refractivity contribution in [1.82, 2.24) is 19.5 Å². The number of hydrogen-bond donors (Lipinski definition) is 1. The van der Waals surface area contributed by atoms with Gasteiger partial charge in [0.05, 0.1) is 42.8 Å². The molecule has 0 saturated heterocycles. The SMILES string of the molecule is COc1cc2c(C3C(=O)Nc4ccc(C#N)cc43)ncnc2cc1OCCn1ccnc1.Cl. The van der Waals surface area contributed by atoms with Crippen LogP contribution in [0.5, 0.6) is 11.5 Å². The van der Waals surface area contributed by atoms with E-state index in [0.717, 1.165) is 0 Å². The van der Waals surface area contributed by atoms with Crippen LogP contribution in [0.15, 0.2) is 55.4 Å². The van der Waals surface area contributed by atoms with Crippen LogP contribution in [0.3, 0.4) is 0 Å². The number of fused-ring (bicyclic) bond motifs is 2. The molecule has 1 unspecified atom stereocenters. The molecule has 10 heteroatoms. The molecule has 1 N–H and O–H groups in total. The van der Waals surface area contributed by atoms with Crippen LogP contribution in [0.2, 0.25) is 0 Å². The zero-order chi connectivity index (χ0) is 22.1. The Morgan fingerprint density at radius 2 is 2.09 bits per heavy atom. The molecule has 1 atom stereocenters. The average molecular weight is 463 g/mol. The third kappa shape index (κ3) is 4.04. The normalized spacial score (nSPS) is 14.2. The number of aromatic nitrogens is 4. The quantitative estimate of drug-likeness (QED) is 0.467. The first kappa shape index (κ1) is 22.0. The number of anilines is 1. The highest BCUT2D eigenvalue weighted by Gasteiger charge is 2.34. The molecule has 0 spiro atoms. The number of methoxy groups -OCH3 is 1. The van der Waals surface area contributed by atoms with Crippen LogP contribution in [0.25, 0.3) is 10.9 Å². The maximum atomic E-state index is 12.8. The molecule has 9 nitrogen and oxygen atoms in total. The predicted molar refractivity (Wildman–Crippen MR) is 123 cm³/mol. The number of rotatable bonds is 6. The van der Waals surface area contributed by atoms with Gasteiger partial charge in [-0.25, -0.2) is 15.0 Å². The summed E-state index contributed by atoms with van der Waals surface area (Å²) in [6.07, 6.45) is 6.73. The maximum absolute atomic E-state index is 12.8. The molecule has 2 aromatic heterocycles. The lowest BCUT2D eigenvalue weighted by Crippen LogP contribution is -2.15. The Morgan fingerprint density at radius 1 is 1.21 bits per heavy atom. The van der Waals surface area contributed by atoms with Crippen molar-refractivity contribution in [3.8, 4) is 17.6 Å². The van der Waals surface area contributed by atoms with Crippen LogP contribution in [-0.4, -0.2) is 39.1 Å². The third-order valence-corrected chi connectivity index (χ3v) is 5.40. The van der Waals surface area contributed by atoms with Crippen LogP contribution in [0.4, 0.5) is 5.69 Å². The van der Waals surface area contributed by atoms with Crippen LogP contribution >= 0.6 is 12.4 Å². The summed E-state index contributed by atoms with van der Waals surface area (Å²) in [5.74, 6) is 0.215. The molecule has 0 aliphatic carbocycles. The van der Waals surface area contributed by atoms with Crippen molar-refractivity contribution in [3.05, 3.63) is 72.2 Å². The van der Waals surface area contributed by atoms with Gasteiger partial charge in [0, 0.05) is 29.5 Å². The van der Waals surface area contributed by atoms with Crippen molar-refractivity contribution >= 4 is 34.9 Å². The number of imidazole rings is 1. The molecule has 166 valence electrons. The van der Waals surface area contributed by atoms with E-state index in [-0.39, 0.29) is 18.3 Å². The van der Waals surface area contributed by atoms with Gasteiger partial charge in [-0.15, -0.1) is 12.4 Å². The number of carbonyl (C=O) groups excluding carboxylic acids is 1. The summed E-state index contributed by atoms with van der Waals surface area (Å²) < 4.78 is 13.4. The van der Waals surface area contributed by atoms with Crippen LogP contribution in [-0.2, 0) is 11.3 Å². The summed E-state index contributed by atoms with van der Waals surface area (Å²) in [5, 5.41) is 12.8. The molecule has 0 fully saturated rings. The van der Waals surface area contributed by atoms with E-state index in [2.05, 4.69) is 26.3 Å². The zero-order valence-electron chi connectivity index (χ0n) is 17.6. The Hall–Kier alpha value is -4.16. The van der Waals surface area contributed by atoms with Gasteiger partial charge >= 0.3 is 0 Å². The Morgan fingerprint density at radius 3 is 2.85 bits per heavy atom. The first-order chi connectivity index (χ1) is 15.7. The molecule has 5 rings (SSSR count). The lowest BCUT2D eigenvalue weighted by Gasteiger charge is -2.15. The highest BCUT2D eigenvalue weighted by molar-refractivity contribution is 6.07. The first-order valence-corrected chi connectivity index (χ1v) is 9.94. The minimum Gasteiger partial charge on any atom is -0.493 e. The lowest BCUT2D eigenvalue weighted by atomic mass is 9.93. The fourth-order valence-corrected chi connectivity index (χ4v) is 3.87. The Kier molecular flexibility index (Phi) is 6.11. The minimum absolute atomic E-state index is 0. The van der Waals surface area contributed by atoms with E-state index >= 15 is 0 Å². The molecule has 1 amide bonds. The van der Waals surface area contributed by atoms with E-state index in [9.17, 15) is 10.1 Å². The molecular formula is C23H19ClN6O3. The number of halogens is 1. The molecule has 0 saturated carbocycles. The number of carbonyl (C=O) groups is 1. The van der Waals surface area contributed by atoms with Crippen molar-refractivity contribution in [2.75, 3.05) is 19.0 Å². The van der Waals surface area contributed by atoms with Crippen LogP contribution in [0.1, 0.15) is 22.7 Å². The van der Waals surface area contributed by atoms with Crippen LogP contribution in [0, 0.1) is 11.3 Å². The van der Waals surface area contributed by atoms with Gasteiger partial charge in [-0.2, -0.15) is 5.26 Å². The number of hydrogen-bond acceptors (Lipinski definition) is 7. The largest absolute Gasteiger partial charge is 0.493 e. The summed E-state index contributed by atoms with van der Waals surface area (Å²) in [5.41, 5.74) is 3.05. The van der Waals surface area contributed by atoms with Gasteiger partial charge in [-0.1, -0.05) is 0 Å². The van der Waals surface area contributed by atoms with E-state index in [1.165, 1.54) is 6.33 Å². The standard InChI is InChI=1S/C23H18N6O3.ClH/c1-31-19-9-16-18(10-20(19)32-7-6-29-5-4-25-13-29)26-12-27-22(16)21-15-8-14(11-24)2-3-17(15)28-23(21)30;/h2-5,8-10,12-13,21H,6-7H2,1H3,(H,28,30);1H. The number of ether oxygens (including phenoxy) is 2. The summed E-state index contributed by atoms with van der Waals surface area (Å²) in [6, 6.07) is 10.8. The van der Waals surface area contributed by atoms with Gasteiger partial charge in [0.1, 0.15) is 18.9 Å². The number of nitrogens with zero attached hydrogens (tertiary/aromatic N) is 5. The average Bonchev–Trinajstić information content (AvgIpc) is 3.44. The second-order valence-corrected chi connectivity index (χ2v) is 7.26. The zero-order valence-corrected chi connectivity index (χ0v) is 18.4. The number of nitrogens with one attached hydrogen (secondary N) is 1. The van der Waals surface area contributed by atoms with Gasteiger partial charge in [0.15, 0.2) is 11.5 Å². The second-order valence-electron chi connectivity index (χ2n) is 7.26. The number of nitriles is 1. The fraction of sp³-hybridized carbons (Fsp3) is 0.174. The molecular weight excluding hydrogens is 444 g/mol. The van der Waals surface area contributed by atoms with Gasteiger partial charge in [0.25, 0.3) is 0 Å². The molecule has 4 aromatic rings. The summed E-state index contributed by atoms with van der Waals surface area (Å²) in [7, 11) is 1.56. The monoisotopic (exact) mass is 462 g/mol. The number of benzene rings is 2. The highest BCUT2D eigenvalue weighted by atomic mass is 35.5. The van der Waals surface area contributed by atoms with Crippen molar-refractivity contribution in [2.45, 2.75) is 12.5 Å². The summed E-state index contributed by atoms with van der Waals surface area (Å²) in [6.45, 7) is 1.06.